The number of hydrogen-bond acceptors (Lipinski definition) is 3. The molecule has 0 unspecified atom stereocenters. The van der Waals surface area contributed by atoms with E-state index in [4.69, 9.17) is 0 Å². The highest BCUT2D eigenvalue weighted by atomic mass is 16.1. The molecule has 4 heteroatoms. The van der Waals surface area contributed by atoms with Crippen molar-refractivity contribution in [2.75, 3.05) is 0 Å². The lowest BCUT2D eigenvalue weighted by atomic mass is 9.98. The fraction of sp³-hybridized carbons (Fsp3) is 0.235. The van der Waals surface area contributed by atoms with E-state index in [1.807, 2.05) is 37.3 Å². The van der Waals surface area contributed by atoms with E-state index in [0.29, 0.717) is 0 Å². The van der Waals surface area contributed by atoms with Gasteiger partial charge in [-0.05, 0) is 19.1 Å². The number of aromatic amines is 1. The van der Waals surface area contributed by atoms with E-state index < -0.39 is 0 Å². The van der Waals surface area contributed by atoms with Crippen LogP contribution in [0.3, 0.4) is 0 Å². The van der Waals surface area contributed by atoms with Crippen LogP contribution in [-0.2, 0) is 4.79 Å². The molecule has 0 saturated heterocycles. The number of H-pyrrole nitrogens is 1. The van der Waals surface area contributed by atoms with Crippen LogP contribution in [0.5, 0.6) is 0 Å². The number of rotatable bonds is 4. The Balaban J connectivity index is 2.46. The van der Waals surface area contributed by atoms with Gasteiger partial charge in [0.2, 0.25) is 0 Å². The van der Waals surface area contributed by atoms with Gasteiger partial charge < -0.3 is 0 Å². The minimum Gasteiger partial charge on any atom is -0.293 e. The number of aryl methyl sites for hydroxylation is 1. The molecule has 0 atom stereocenters. The van der Waals surface area contributed by atoms with Crippen molar-refractivity contribution < 1.29 is 4.79 Å². The monoisotopic (exact) mass is 279 g/mol. The average molecular weight is 279 g/mol. The number of ketones is 1. The molecule has 1 aromatic heterocycles. The van der Waals surface area contributed by atoms with Crippen molar-refractivity contribution in [3.8, 4) is 17.3 Å². The fourth-order valence-corrected chi connectivity index (χ4v) is 2.06. The maximum atomic E-state index is 12.0. The minimum atomic E-state index is -0.203. The predicted molar refractivity (Wildman–Crippen MR) is 82.2 cm³/mol. The first-order chi connectivity index (χ1) is 10.0. The highest BCUT2D eigenvalue weighted by Crippen LogP contribution is 2.24. The van der Waals surface area contributed by atoms with Crippen LogP contribution in [0.2, 0.25) is 0 Å². The van der Waals surface area contributed by atoms with Gasteiger partial charge >= 0.3 is 0 Å². The lowest BCUT2D eigenvalue weighted by molar-refractivity contribution is -0.117. The summed E-state index contributed by atoms with van der Waals surface area (Å²) in [5.41, 5.74) is 3.82. The largest absolute Gasteiger partial charge is 0.293 e. The number of aromatic nitrogens is 2. The second kappa shape index (κ2) is 6.19. The Bertz CT molecular complexity index is 732. The summed E-state index contributed by atoms with van der Waals surface area (Å²) < 4.78 is 0. The zero-order chi connectivity index (χ0) is 15.4. The third-order valence-corrected chi connectivity index (χ3v) is 3.19. The van der Waals surface area contributed by atoms with E-state index in [2.05, 4.69) is 10.2 Å². The van der Waals surface area contributed by atoms with Crippen molar-refractivity contribution in [3.63, 3.8) is 0 Å². The summed E-state index contributed by atoms with van der Waals surface area (Å²) in [5.74, 6) is -0.362. The first-order valence-electron chi connectivity index (χ1n) is 6.79. The number of nitrogens with zero attached hydrogens (tertiary/aromatic N) is 2. The third kappa shape index (κ3) is 3.26. The molecule has 1 aromatic carbocycles. The first-order valence-corrected chi connectivity index (χ1v) is 6.79. The van der Waals surface area contributed by atoms with Gasteiger partial charge in [-0.15, -0.1) is 0 Å². The van der Waals surface area contributed by atoms with Crippen LogP contribution < -0.4 is 0 Å². The molecule has 0 aliphatic rings. The van der Waals surface area contributed by atoms with E-state index in [0.717, 1.165) is 22.4 Å². The van der Waals surface area contributed by atoms with Gasteiger partial charge in [0.25, 0.3) is 0 Å². The van der Waals surface area contributed by atoms with E-state index >= 15 is 0 Å². The lowest BCUT2D eigenvalue weighted by Crippen LogP contribution is -2.08. The Kier molecular flexibility index (Phi) is 4.34. The van der Waals surface area contributed by atoms with Crippen molar-refractivity contribution in [1.29, 1.82) is 5.26 Å². The van der Waals surface area contributed by atoms with Gasteiger partial charge in [0.15, 0.2) is 5.78 Å². The number of Topliss-reactive ketones (excluding diaryl/α,β-unsaturated/α-hetero) is 1. The van der Waals surface area contributed by atoms with Crippen LogP contribution in [0.15, 0.2) is 36.0 Å². The molecule has 0 fully saturated rings. The van der Waals surface area contributed by atoms with Crippen molar-refractivity contribution in [3.05, 3.63) is 47.2 Å². The van der Waals surface area contributed by atoms with Crippen molar-refractivity contribution in [1.82, 2.24) is 10.2 Å². The summed E-state index contributed by atoms with van der Waals surface area (Å²) in [4.78, 5) is 12.0. The SMILES string of the molecule is Cc1cccc(-c2[nH]ncc2/C=C(\C#N)C(=O)C(C)C)c1. The molecule has 0 aliphatic carbocycles. The molecule has 2 aromatic rings. The molecule has 0 saturated carbocycles. The molecule has 1 heterocycles. The van der Waals surface area contributed by atoms with Gasteiger partial charge in [-0.2, -0.15) is 10.4 Å². The minimum absolute atomic E-state index is 0.153. The molecule has 106 valence electrons. The predicted octanol–water partition coefficient (Wildman–Crippen LogP) is 3.52. The number of nitriles is 1. The smallest absolute Gasteiger partial charge is 0.175 e. The number of allylic oxidation sites excluding steroid dienone is 1. The van der Waals surface area contributed by atoms with Crippen LogP contribution in [0.25, 0.3) is 17.3 Å². The van der Waals surface area contributed by atoms with Gasteiger partial charge in [-0.1, -0.05) is 37.6 Å². The molecule has 0 aliphatic heterocycles. The number of hydrogen-bond donors (Lipinski definition) is 1. The van der Waals surface area contributed by atoms with Gasteiger partial charge in [0, 0.05) is 17.0 Å². The molecular formula is C17H17N3O. The van der Waals surface area contributed by atoms with E-state index in [1.54, 1.807) is 26.1 Å². The highest BCUT2D eigenvalue weighted by molar-refractivity contribution is 6.04. The zero-order valence-electron chi connectivity index (χ0n) is 12.3. The Morgan fingerprint density at radius 1 is 1.43 bits per heavy atom. The second-order valence-corrected chi connectivity index (χ2v) is 5.26. The van der Waals surface area contributed by atoms with Crippen LogP contribution in [0.1, 0.15) is 25.0 Å². The zero-order valence-corrected chi connectivity index (χ0v) is 12.3. The summed E-state index contributed by atoms with van der Waals surface area (Å²) >= 11 is 0. The Hall–Kier alpha value is -2.67. The van der Waals surface area contributed by atoms with Gasteiger partial charge in [0.1, 0.15) is 6.07 Å². The Labute approximate surface area is 124 Å². The van der Waals surface area contributed by atoms with Gasteiger partial charge in [0.05, 0.1) is 17.5 Å². The molecule has 4 nitrogen and oxygen atoms in total. The van der Waals surface area contributed by atoms with Crippen LogP contribution in [0.4, 0.5) is 0 Å². The molecule has 0 radical (unpaired) electrons. The summed E-state index contributed by atoms with van der Waals surface area (Å²) in [6.07, 6.45) is 3.23. The molecule has 1 N–H and O–H groups in total. The molecular weight excluding hydrogens is 262 g/mol. The van der Waals surface area contributed by atoms with Gasteiger partial charge in [-0.25, -0.2) is 0 Å². The number of benzene rings is 1. The van der Waals surface area contributed by atoms with E-state index in [9.17, 15) is 10.1 Å². The second-order valence-electron chi connectivity index (χ2n) is 5.26. The van der Waals surface area contributed by atoms with E-state index in [-0.39, 0.29) is 17.3 Å². The molecule has 21 heavy (non-hydrogen) atoms. The maximum Gasteiger partial charge on any atom is 0.175 e. The molecule has 0 bridgehead atoms. The third-order valence-electron chi connectivity index (χ3n) is 3.19. The topological polar surface area (TPSA) is 69.5 Å². The van der Waals surface area contributed by atoms with Crippen molar-refractivity contribution in [2.45, 2.75) is 20.8 Å². The van der Waals surface area contributed by atoms with Crippen molar-refractivity contribution >= 4 is 11.9 Å². The van der Waals surface area contributed by atoms with Crippen molar-refractivity contribution in [2.24, 2.45) is 5.92 Å². The summed E-state index contributed by atoms with van der Waals surface area (Å²) in [7, 11) is 0. The summed E-state index contributed by atoms with van der Waals surface area (Å²) in [5, 5.41) is 16.1. The first kappa shape index (κ1) is 14.7. The number of carbonyl (C=O) groups excluding carboxylic acids is 1. The molecule has 0 spiro atoms. The highest BCUT2D eigenvalue weighted by Gasteiger charge is 2.15. The van der Waals surface area contributed by atoms with Crippen LogP contribution in [0, 0.1) is 24.2 Å². The lowest BCUT2D eigenvalue weighted by Gasteiger charge is -2.04. The quantitative estimate of drug-likeness (QED) is 0.687. The average Bonchev–Trinajstić information content (AvgIpc) is 2.92. The summed E-state index contributed by atoms with van der Waals surface area (Å²) in [6, 6.07) is 9.95. The standard InChI is InChI=1S/C17H17N3O/c1-11(2)17(21)14(9-18)8-15-10-19-20-16(15)13-6-4-5-12(3)7-13/h4-8,10-11H,1-3H3,(H,19,20)/b14-8+. The summed E-state index contributed by atoms with van der Waals surface area (Å²) in [6.45, 7) is 5.58. The van der Waals surface area contributed by atoms with E-state index in [1.165, 1.54) is 0 Å². The number of carbonyl (C=O) groups is 1. The number of nitrogens with one attached hydrogen (secondary N) is 1. The Morgan fingerprint density at radius 3 is 2.81 bits per heavy atom. The maximum absolute atomic E-state index is 12.0. The normalized spacial score (nSPS) is 11.5. The fourth-order valence-electron chi connectivity index (χ4n) is 2.06. The van der Waals surface area contributed by atoms with Gasteiger partial charge in [-0.3, -0.25) is 9.89 Å². The van der Waals surface area contributed by atoms with Crippen LogP contribution in [-0.4, -0.2) is 16.0 Å². The van der Waals surface area contributed by atoms with Crippen LogP contribution >= 0.6 is 0 Å². The molecule has 0 amide bonds. The molecule has 2 rings (SSSR count). The Morgan fingerprint density at radius 2 is 2.19 bits per heavy atom.